The average molecular weight is 448 g/mol. The molecule has 0 saturated carbocycles. The maximum atomic E-state index is 13.6. The Labute approximate surface area is 185 Å². The molecule has 0 amide bonds. The quantitative estimate of drug-likeness (QED) is 0.635. The predicted molar refractivity (Wildman–Crippen MR) is 122 cm³/mol. The first-order valence-corrected chi connectivity index (χ1v) is 12.3. The number of aromatic nitrogens is 1. The molecule has 0 radical (unpaired) electrons. The summed E-state index contributed by atoms with van der Waals surface area (Å²) in [6.07, 6.45) is 0. The van der Waals surface area contributed by atoms with Crippen LogP contribution in [0.25, 0.3) is 0 Å². The van der Waals surface area contributed by atoms with Gasteiger partial charge in [0.25, 0.3) is 0 Å². The normalized spacial score (nSPS) is 15.4. The fraction of sp³-hybridized carbons (Fsp3) is 0.522. The van der Waals surface area contributed by atoms with Crippen molar-refractivity contribution in [3.8, 4) is 0 Å². The number of hydrogen-bond donors (Lipinski definition) is 0. The summed E-state index contributed by atoms with van der Waals surface area (Å²) in [5.41, 5.74) is 4.99. The summed E-state index contributed by atoms with van der Waals surface area (Å²) in [7, 11) is -3.73. The van der Waals surface area contributed by atoms with Gasteiger partial charge in [0, 0.05) is 49.7 Å². The number of anilines is 1. The summed E-state index contributed by atoms with van der Waals surface area (Å²) in [4.78, 5) is 15.0. The SMILES string of the molecule is CCOC(=O)c1c(C)c(S(=O)(=O)N2CCN(c3cccc(C)c3C)CC2)c(C)n1CC. The van der Waals surface area contributed by atoms with E-state index >= 15 is 0 Å². The smallest absolute Gasteiger partial charge is 0.355 e. The molecule has 170 valence electrons. The van der Waals surface area contributed by atoms with E-state index < -0.39 is 16.0 Å². The fourth-order valence-corrected chi connectivity index (χ4v) is 6.36. The van der Waals surface area contributed by atoms with Crippen LogP contribution in [0, 0.1) is 27.7 Å². The van der Waals surface area contributed by atoms with E-state index in [1.165, 1.54) is 11.1 Å². The van der Waals surface area contributed by atoms with Crippen LogP contribution < -0.4 is 4.90 Å². The molecule has 1 aromatic heterocycles. The van der Waals surface area contributed by atoms with Crippen molar-refractivity contribution in [2.24, 2.45) is 0 Å². The van der Waals surface area contributed by atoms with E-state index in [1.807, 2.05) is 13.0 Å². The molecule has 1 aromatic carbocycles. The van der Waals surface area contributed by atoms with E-state index in [9.17, 15) is 13.2 Å². The number of sulfonamides is 1. The highest BCUT2D eigenvalue weighted by atomic mass is 32.2. The van der Waals surface area contributed by atoms with E-state index in [2.05, 4.69) is 30.9 Å². The molecule has 1 saturated heterocycles. The van der Waals surface area contributed by atoms with Gasteiger partial charge in [0.15, 0.2) is 0 Å². The molecule has 3 rings (SSSR count). The van der Waals surface area contributed by atoms with Crippen LogP contribution in [0.2, 0.25) is 0 Å². The van der Waals surface area contributed by atoms with Crippen LogP contribution >= 0.6 is 0 Å². The Morgan fingerprint density at radius 2 is 1.65 bits per heavy atom. The Morgan fingerprint density at radius 1 is 1.00 bits per heavy atom. The largest absolute Gasteiger partial charge is 0.461 e. The third-order valence-electron chi connectivity index (χ3n) is 6.24. The molecule has 0 atom stereocenters. The van der Waals surface area contributed by atoms with Crippen LogP contribution in [0.15, 0.2) is 23.1 Å². The zero-order valence-electron chi connectivity index (χ0n) is 19.4. The molecule has 0 N–H and O–H groups in total. The molecule has 2 aromatic rings. The fourth-order valence-electron chi connectivity index (χ4n) is 4.49. The van der Waals surface area contributed by atoms with Gasteiger partial charge in [-0.3, -0.25) is 0 Å². The van der Waals surface area contributed by atoms with Gasteiger partial charge >= 0.3 is 5.97 Å². The molecule has 2 heterocycles. The third-order valence-corrected chi connectivity index (χ3v) is 8.40. The van der Waals surface area contributed by atoms with Crippen molar-refractivity contribution < 1.29 is 17.9 Å². The first-order chi connectivity index (χ1) is 14.6. The Hall–Kier alpha value is -2.32. The van der Waals surface area contributed by atoms with Crippen molar-refractivity contribution >= 4 is 21.7 Å². The van der Waals surface area contributed by atoms with Gasteiger partial charge in [-0.05, 0) is 58.7 Å². The van der Waals surface area contributed by atoms with E-state index in [1.54, 1.807) is 29.6 Å². The average Bonchev–Trinajstić information content (AvgIpc) is 3.00. The van der Waals surface area contributed by atoms with Crippen LogP contribution in [0.5, 0.6) is 0 Å². The Bertz CT molecular complexity index is 1080. The Kier molecular flexibility index (Phi) is 6.81. The van der Waals surface area contributed by atoms with Crippen LogP contribution in [-0.2, 0) is 21.3 Å². The first kappa shape index (κ1) is 23.3. The van der Waals surface area contributed by atoms with Gasteiger partial charge in [0.1, 0.15) is 10.6 Å². The minimum absolute atomic E-state index is 0.234. The standard InChI is InChI=1S/C23H33N3O4S/c1-7-26-19(6)22(18(5)21(26)23(27)30-8-2)31(28,29)25-14-12-24(13-15-25)20-11-9-10-16(3)17(20)4/h9-11H,7-8,12-15H2,1-6H3. The lowest BCUT2D eigenvalue weighted by Crippen LogP contribution is -2.49. The summed E-state index contributed by atoms with van der Waals surface area (Å²) in [6, 6.07) is 6.22. The van der Waals surface area contributed by atoms with Gasteiger partial charge in [0.2, 0.25) is 10.0 Å². The minimum atomic E-state index is -3.73. The monoisotopic (exact) mass is 447 g/mol. The number of rotatable bonds is 6. The maximum Gasteiger partial charge on any atom is 0.355 e. The second-order valence-corrected chi connectivity index (χ2v) is 9.84. The van der Waals surface area contributed by atoms with Gasteiger partial charge in [0.05, 0.1) is 6.61 Å². The second kappa shape index (κ2) is 9.04. The molecule has 0 spiro atoms. The van der Waals surface area contributed by atoms with Crippen LogP contribution in [0.3, 0.4) is 0 Å². The van der Waals surface area contributed by atoms with Gasteiger partial charge in [-0.15, -0.1) is 0 Å². The number of carbonyl (C=O) groups is 1. The lowest BCUT2D eigenvalue weighted by Gasteiger charge is -2.36. The zero-order valence-corrected chi connectivity index (χ0v) is 20.2. The molecule has 0 unspecified atom stereocenters. The lowest BCUT2D eigenvalue weighted by molar-refractivity contribution is 0.0512. The first-order valence-electron chi connectivity index (χ1n) is 10.8. The topological polar surface area (TPSA) is 71.8 Å². The molecule has 31 heavy (non-hydrogen) atoms. The van der Waals surface area contributed by atoms with Gasteiger partial charge in [-0.2, -0.15) is 4.31 Å². The number of piperazine rings is 1. The highest BCUT2D eigenvalue weighted by Crippen LogP contribution is 2.31. The van der Waals surface area contributed by atoms with E-state index in [0.29, 0.717) is 49.7 Å². The van der Waals surface area contributed by atoms with Crippen molar-refractivity contribution in [3.05, 3.63) is 46.3 Å². The Balaban J connectivity index is 1.90. The molecule has 1 aliphatic heterocycles. The molecular formula is C23H33N3O4S. The number of esters is 1. The maximum absolute atomic E-state index is 13.6. The molecule has 0 aliphatic carbocycles. The molecular weight excluding hydrogens is 414 g/mol. The van der Waals surface area contributed by atoms with Crippen molar-refractivity contribution in [2.75, 3.05) is 37.7 Å². The Morgan fingerprint density at radius 3 is 2.23 bits per heavy atom. The molecule has 1 aliphatic rings. The van der Waals surface area contributed by atoms with Crippen molar-refractivity contribution in [1.82, 2.24) is 8.87 Å². The zero-order chi connectivity index (χ0) is 22.9. The summed E-state index contributed by atoms with van der Waals surface area (Å²) < 4.78 is 35.7. The molecule has 1 fully saturated rings. The summed E-state index contributed by atoms with van der Waals surface area (Å²) >= 11 is 0. The number of carbonyl (C=O) groups excluding carboxylic acids is 1. The number of ether oxygens (including phenoxy) is 1. The number of hydrogen-bond acceptors (Lipinski definition) is 5. The molecule has 0 bridgehead atoms. The van der Waals surface area contributed by atoms with E-state index in [4.69, 9.17) is 4.74 Å². The van der Waals surface area contributed by atoms with Crippen LogP contribution in [0.4, 0.5) is 5.69 Å². The summed E-state index contributed by atoms with van der Waals surface area (Å²) in [5.74, 6) is -0.480. The number of benzene rings is 1. The highest BCUT2D eigenvalue weighted by molar-refractivity contribution is 7.89. The molecule has 7 nitrogen and oxygen atoms in total. The lowest BCUT2D eigenvalue weighted by atomic mass is 10.1. The van der Waals surface area contributed by atoms with E-state index in [-0.39, 0.29) is 11.5 Å². The highest BCUT2D eigenvalue weighted by Gasteiger charge is 2.35. The number of nitrogens with zero attached hydrogens (tertiary/aromatic N) is 3. The summed E-state index contributed by atoms with van der Waals surface area (Å²) in [6.45, 7) is 14.1. The third kappa shape index (κ3) is 4.11. The minimum Gasteiger partial charge on any atom is -0.461 e. The number of aryl methyl sites for hydroxylation is 1. The van der Waals surface area contributed by atoms with Crippen molar-refractivity contribution in [3.63, 3.8) is 0 Å². The van der Waals surface area contributed by atoms with Crippen molar-refractivity contribution in [1.29, 1.82) is 0 Å². The van der Waals surface area contributed by atoms with E-state index in [0.717, 1.165) is 5.69 Å². The van der Waals surface area contributed by atoms with Gasteiger partial charge < -0.3 is 14.2 Å². The molecule has 8 heteroatoms. The second-order valence-electron chi connectivity index (χ2n) is 7.96. The van der Waals surface area contributed by atoms with Gasteiger partial charge in [-0.1, -0.05) is 12.1 Å². The summed E-state index contributed by atoms with van der Waals surface area (Å²) in [5, 5.41) is 0. The van der Waals surface area contributed by atoms with Crippen LogP contribution in [-0.4, -0.2) is 56.0 Å². The van der Waals surface area contributed by atoms with Crippen molar-refractivity contribution in [2.45, 2.75) is 53.0 Å². The van der Waals surface area contributed by atoms with Gasteiger partial charge in [-0.25, -0.2) is 13.2 Å². The van der Waals surface area contributed by atoms with Crippen LogP contribution in [0.1, 0.15) is 46.7 Å². The predicted octanol–water partition coefficient (Wildman–Crippen LogP) is 3.43.